The van der Waals surface area contributed by atoms with E-state index in [0.717, 1.165) is 56.6 Å². The average Bonchev–Trinajstić information content (AvgIpc) is 2.94. The number of anilines is 1. The van der Waals surface area contributed by atoms with E-state index >= 15 is 0 Å². The maximum absolute atomic E-state index is 5.59. The molecule has 1 saturated heterocycles. The number of nitrogens with zero attached hydrogens (tertiary/aromatic N) is 3. The Kier molecular flexibility index (Phi) is 4.75. The summed E-state index contributed by atoms with van der Waals surface area (Å²) in [4.78, 5) is 9.34. The predicted octanol–water partition coefficient (Wildman–Crippen LogP) is 2.02. The quantitative estimate of drug-likeness (QED) is 0.915. The van der Waals surface area contributed by atoms with Gasteiger partial charge in [0.25, 0.3) is 0 Å². The second kappa shape index (κ2) is 6.94. The molecule has 0 aromatic carbocycles. The number of furan rings is 1. The van der Waals surface area contributed by atoms with Crippen LogP contribution in [0.1, 0.15) is 17.1 Å². The topological polar surface area (TPSA) is 44.5 Å². The zero-order chi connectivity index (χ0) is 15.4. The summed E-state index contributed by atoms with van der Waals surface area (Å²) in [5.74, 6) is 3.04. The van der Waals surface area contributed by atoms with Crippen LogP contribution in [-0.4, -0.2) is 43.1 Å². The first kappa shape index (κ1) is 15.1. The lowest BCUT2D eigenvalue weighted by Crippen LogP contribution is -2.45. The summed E-state index contributed by atoms with van der Waals surface area (Å²) in [5, 5.41) is 3.45. The van der Waals surface area contributed by atoms with Gasteiger partial charge in [0.2, 0.25) is 0 Å². The molecule has 0 unspecified atom stereocenters. The maximum Gasteiger partial charge on any atom is 0.133 e. The highest BCUT2D eigenvalue weighted by Gasteiger charge is 2.17. The van der Waals surface area contributed by atoms with E-state index in [1.54, 1.807) is 0 Å². The standard InChI is InChI=1S/C17H24N4O/c1-14-5-6-16(22-14)13-18-12-15-4-3-7-19-17(15)21-10-8-20(2)9-11-21/h3-7,18H,8-13H2,1-2H3. The van der Waals surface area contributed by atoms with Crippen LogP contribution >= 0.6 is 0 Å². The zero-order valence-corrected chi connectivity index (χ0v) is 13.4. The lowest BCUT2D eigenvalue weighted by molar-refractivity contribution is 0.311. The smallest absolute Gasteiger partial charge is 0.133 e. The van der Waals surface area contributed by atoms with Crippen molar-refractivity contribution in [2.75, 3.05) is 38.1 Å². The Labute approximate surface area is 131 Å². The summed E-state index contributed by atoms with van der Waals surface area (Å²) in [6, 6.07) is 8.18. The summed E-state index contributed by atoms with van der Waals surface area (Å²) in [6.07, 6.45) is 1.88. The summed E-state index contributed by atoms with van der Waals surface area (Å²) in [7, 11) is 2.17. The van der Waals surface area contributed by atoms with Crippen molar-refractivity contribution in [1.29, 1.82) is 0 Å². The van der Waals surface area contributed by atoms with Crippen LogP contribution in [0.4, 0.5) is 5.82 Å². The fourth-order valence-corrected chi connectivity index (χ4v) is 2.77. The molecule has 1 fully saturated rings. The van der Waals surface area contributed by atoms with Gasteiger partial charge in [0.05, 0.1) is 6.54 Å². The minimum atomic E-state index is 0.741. The van der Waals surface area contributed by atoms with E-state index < -0.39 is 0 Å². The molecule has 0 amide bonds. The fraction of sp³-hybridized carbons (Fsp3) is 0.471. The molecule has 0 bridgehead atoms. The molecule has 22 heavy (non-hydrogen) atoms. The third kappa shape index (κ3) is 3.67. The molecule has 0 aliphatic carbocycles. The first-order chi connectivity index (χ1) is 10.7. The molecule has 5 heteroatoms. The summed E-state index contributed by atoms with van der Waals surface area (Å²) >= 11 is 0. The highest BCUT2D eigenvalue weighted by molar-refractivity contribution is 5.47. The lowest BCUT2D eigenvalue weighted by atomic mass is 10.2. The van der Waals surface area contributed by atoms with Gasteiger partial charge in [0, 0.05) is 44.5 Å². The van der Waals surface area contributed by atoms with E-state index in [2.05, 4.69) is 33.2 Å². The molecule has 2 aromatic rings. The largest absolute Gasteiger partial charge is 0.465 e. The van der Waals surface area contributed by atoms with Crippen LogP contribution in [0.15, 0.2) is 34.9 Å². The van der Waals surface area contributed by atoms with Crippen molar-refractivity contribution in [3.8, 4) is 0 Å². The molecule has 0 spiro atoms. The molecule has 2 aromatic heterocycles. The van der Waals surface area contributed by atoms with Crippen molar-refractivity contribution in [2.45, 2.75) is 20.0 Å². The SMILES string of the molecule is Cc1ccc(CNCc2cccnc2N2CCN(C)CC2)o1. The molecule has 1 aliphatic heterocycles. The van der Waals surface area contributed by atoms with Gasteiger partial charge >= 0.3 is 0 Å². The van der Waals surface area contributed by atoms with Crippen molar-refractivity contribution < 1.29 is 4.42 Å². The fourth-order valence-electron chi connectivity index (χ4n) is 2.77. The Morgan fingerprint density at radius 2 is 1.95 bits per heavy atom. The summed E-state index contributed by atoms with van der Waals surface area (Å²) in [5.41, 5.74) is 1.25. The van der Waals surface area contributed by atoms with Crippen LogP contribution in [0.2, 0.25) is 0 Å². The van der Waals surface area contributed by atoms with Crippen molar-refractivity contribution in [3.05, 3.63) is 47.5 Å². The third-order valence-electron chi connectivity index (χ3n) is 4.08. The average molecular weight is 300 g/mol. The summed E-state index contributed by atoms with van der Waals surface area (Å²) < 4.78 is 5.59. The maximum atomic E-state index is 5.59. The number of hydrogen-bond acceptors (Lipinski definition) is 5. The van der Waals surface area contributed by atoms with E-state index in [9.17, 15) is 0 Å². The normalized spacial score (nSPS) is 16.2. The molecule has 0 saturated carbocycles. The van der Waals surface area contributed by atoms with E-state index in [1.165, 1.54) is 5.56 Å². The Bertz CT molecular complexity index is 602. The van der Waals surface area contributed by atoms with Gasteiger partial charge in [-0.2, -0.15) is 0 Å². The molecule has 0 radical (unpaired) electrons. The molecule has 0 atom stereocenters. The second-order valence-corrected chi connectivity index (χ2v) is 5.89. The molecule has 1 N–H and O–H groups in total. The molecule has 3 rings (SSSR count). The lowest BCUT2D eigenvalue weighted by Gasteiger charge is -2.34. The van der Waals surface area contributed by atoms with Gasteiger partial charge in [-0.25, -0.2) is 4.98 Å². The number of aromatic nitrogens is 1. The van der Waals surface area contributed by atoms with E-state index in [-0.39, 0.29) is 0 Å². The Balaban J connectivity index is 1.61. The molecule has 118 valence electrons. The van der Waals surface area contributed by atoms with Crippen LogP contribution in [0.5, 0.6) is 0 Å². The molecule has 3 heterocycles. The Hall–Kier alpha value is -1.85. The van der Waals surface area contributed by atoms with Crippen molar-refractivity contribution in [3.63, 3.8) is 0 Å². The number of pyridine rings is 1. The molecular formula is C17H24N4O. The molecular weight excluding hydrogens is 276 g/mol. The van der Waals surface area contributed by atoms with E-state index in [4.69, 9.17) is 4.42 Å². The second-order valence-electron chi connectivity index (χ2n) is 5.89. The minimum Gasteiger partial charge on any atom is -0.465 e. The van der Waals surface area contributed by atoms with Crippen molar-refractivity contribution >= 4 is 5.82 Å². The van der Waals surface area contributed by atoms with Crippen LogP contribution in [0, 0.1) is 6.92 Å². The van der Waals surface area contributed by atoms with Gasteiger partial charge < -0.3 is 19.5 Å². The minimum absolute atomic E-state index is 0.741. The van der Waals surface area contributed by atoms with Crippen LogP contribution in [-0.2, 0) is 13.1 Å². The molecule has 1 aliphatic rings. The monoisotopic (exact) mass is 300 g/mol. The Morgan fingerprint density at radius 1 is 1.14 bits per heavy atom. The van der Waals surface area contributed by atoms with Gasteiger partial charge in [0.15, 0.2) is 0 Å². The highest BCUT2D eigenvalue weighted by Crippen LogP contribution is 2.18. The third-order valence-corrected chi connectivity index (χ3v) is 4.08. The number of piperazine rings is 1. The van der Waals surface area contributed by atoms with Crippen LogP contribution in [0.25, 0.3) is 0 Å². The molecule has 5 nitrogen and oxygen atoms in total. The number of hydrogen-bond donors (Lipinski definition) is 1. The number of aryl methyl sites for hydroxylation is 1. The van der Waals surface area contributed by atoms with E-state index in [1.807, 2.05) is 31.3 Å². The highest BCUT2D eigenvalue weighted by atomic mass is 16.3. The van der Waals surface area contributed by atoms with Gasteiger partial charge in [-0.3, -0.25) is 0 Å². The number of likely N-dealkylation sites (N-methyl/N-ethyl adjacent to an activating group) is 1. The van der Waals surface area contributed by atoms with Gasteiger partial charge in [-0.05, 0) is 32.2 Å². The van der Waals surface area contributed by atoms with Crippen molar-refractivity contribution in [2.24, 2.45) is 0 Å². The van der Waals surface area contributed by atoms with Gasteiger partial charge in [0.1, 0.15) is 17.3 Å². The van der Waals surface area contributed by atoms with Crippen molar-refractivity contribution in [1.82, 2.24) is 15.2 Å². The number of nitrogens with one attached hydrogen (secondary N) is 1. The first-order valence-corrected chi connectivity index (χ1v) is 7.86. The van der Waals surface area contributed by atoms with Crippen LogP contribution < -0.4 is 10.2 Å². The van der Waals surface area contributed by atoms with Gasteiger partial charge in [-0.1, -0.05) is 6.07 Å². The van der Waals surface area contributed by atoms with Gasteiger partial charge in [-0.15, -0.1) is 0 Å². The first-order valence-electron chi connectivity index (χ1n) is 7.86. The van der Waals surface area contributed by atoms with E-state index in [0.29, 0.717) is 0 Å². The zero-order valence-electron chi connectivity index (χ0n) is 13.4. The Morgan fingerprint density at radius 3 is 2.68 bits per heavy atom. The summed E-state index contributed by atoms with van der Waals surface area (Å²) in [6.45, 7) is 7.77. The predicted molar refractivity (Wildman–Crippen MR) is 87.9 cm³/mol. The number of rotatable bonds is 5. The van der Waals surface area contributed by atoms with Crippen LogP contribution in [0.3, 0.4) is 0 Å².